The number of hydrogen-bond donors (Lipinski definition) is 2. The Balaban J connectivity index is 1.74. The number of rotatable bonds is 7. The lowest BCUT2D eigenvalue weighted by atomic mass is 10.2. The van der Waals surface area contributed by atoms with E-state index in [9.17, 15) is 18.0 Å². The fraction of sp³-hybridized carbons (Fsp3) is 0.882. The molecule has 10 heteroatoms. The third-order valence-electron chi connectivity index (χ3n) is 4.98. The average Bonchev–Trinajstić information content (AvgIpc) is 2.92. The van der Waals surface area contributed by atoms with Crippen molar-refractivity contribution in [2.24, 2.45) is 0 Å². The zero-order chi connectivity index (χ0) is 19.7. The number of piperazine rings is 1. The molecule has 0 aromatic rings. The summed E-state index contributed by atoms with van der Waals surface area (Å²) in [4.78, 5) is 25.4. The summed E-state index contributed by atoms with van der Waals surface area (Å²) in [6, 6.07) is -0.476. The first-order valence-corrected chi connectivity index (χ1v) is 11.4. The molecule has 0 saturated carbocycles. The Morgan fingerprint density at radius 3 is 2.07 bits per heavy atom. The van der Waals surface area contributed by atoms with Crippen molar-refractivity contribution in [3.8, 4) is 0 Å². The van der Waals surface area contributed by atoms with Gasteiger partial charge in [0.2, 0.25) is 5.91 Å². The molecule has 2 rings (SSSR count). The van der Waals surface area contributed by atoms with E-state index in [1.165, 1.54) is 4.31 Å². The predicted octanol–water partition coefficient (Wildman–Crippen LogP) is 0.351. The SMILES string of the molecule is CCCCNC(=O)NC(=O)CN1CCN(S(=O)(=O)N2CCCCCC2)CC1. The minimum Gasteiger partial charge on any atom is -0.338 e. The van der Waals surface area contributed by atoms with Gasteiger partial charge in [-0.3, -0.25) is 15.0 Å². The van der Waals surface area contributed by atoms with Gasteiger partial charge in [0.05, 0.1) is 6.54 Å². The molecule has 0 aromatic heterocycles. The minimum absolute atomic E-state index is 0.0960. The number of nitrogens with zero attached hydrogens (tertiary/aromatic N) is 3. The lowest BCUT2D eigenvalue weighted by Crippen LogP contribution is -2.55. The molecule has 9 nitrogen and oxygen atoms in total. The lowest BCUT2D eigenvalue weighted by molar-refractivity contribution is -0.121. The molecular formula is C17H33N5O4S. The zero-order valence-electron chi connectivity index (χ0n) is 16.3. The van der Waals surface area contributed by atoms with Gasteiger partial charge >= 0.3 is 6.03 Å². The highest BCUT2D eigenvalue weighted by atomic mass is 32.2. The molecule has 2 heterocycles. The Hall–Kier alpha value is -1.23. The number of urea groups is 1. The van der Waals surface area contributed by atoms with Gasteiger partial charge in [0.15, 0.2) is 0 Å². The maximum Gasteiger partial charge on any atom is 0.321 e. The number of hydrogen-bond acceptors (Lipinski definition) is 5. The van der Waals surface area contributed by atoms with Crippen molar-refractivity contribution >= 4 is 22.1 Å². The van der Waals surface area contributed by atoms with Gasteiger partial charge in [-0.15, -0.1) is 0 Å². The molecule has 0 atom stereocenters. The third-order valence-corrected chi connectivity index (χ3v) is 7.02. The van der Waals surface area contributed by atoms with E-state index in [4.69, 9.17) is 0 Å². The smallest absolute Gasteiger partial charge is 0.321 e. The average molecular weight is 404 g/mol. The Morgan fingerprint density at radius 2 is 1.48 bits per heavy atom. The monoisotopic (exact) mass is 403 g/mol. The summed E-state index contributed by atoms with van der Waals surface area (Å²) >= 11 is 0. The van der Waals surface area contributed by atoms with Crippen LogP contribution in [0.2, 0.25) is 0 Å². The van der Waals surface area contributed by atoms with Gasteiger partial charge in [0.1, 0.15) is 0 Å². The summed E-state index contributed by atoms with van der Waals surface area (Å²) < 4.78 is 28.7. The molecule has 0 bridgehead atoms. The van der Waals surface area contributed by atoms with E-state index >= 15 is 0 Å². The molecule has 3 amide bonds. The fourth-order valence-electron chi connectivity index (χ4n) is 3.35. The van der Waals surface area contributed by atoms with Crippen LogP contribution in [0.15, 0.2) is 0 Å². The van der Waals surface area contributed by atoms with Crippen LogP contribution < -0.4 is 10.6 Å². The van der Waals surface area contributed by atoms with Crippen LogP contribution in [0, 0.1) is 0 Å². The topological polar surface area (TPSA) is 102 Å². The number of amides is 3. The summed E-state index contributed by atoms with van der Waals surface area (Å²) in [6.07, 6.45) is 5.84. The normalized spacial score (nSPS) is 20.8. The van der Waals surface area contributed by atoms with Crippen LogP contribution in [0.3, 0.4) is 0 Å². The lowest BCUT2D eigenvalue weighted by Gasteiger charge is -2.36. The number of carbonyl (C=O) groups excluding carboxylic acids is 2. The van der Waals surface area contributed by atoms with Crippen LogP contribution in [0.1, 0.15) is 45.4 Å². The number of unbranched alkanes of at least 4 members (excludes halogenated alkanes) is 1. The predicted molar refractivity (Wildman–Crippen MR) is 103 cm³/mol. The van der Waals surface area contributed by atoms with E-state index in [1.54, 1.807) is 4.31 Å². The Bertz CT molecular complexity index is 582. The van der Waals surface area contributed by atoms with Gasteiger partial charge in [-0.25, -0.2) is 4.79 Å². The highest BCUT2D eigenvalue weighted by Gasteiger charge is 2.32. The Labute approximate surface area is 162 Å². The number of nitrogens with one attached hydrogen (secondary N) is 2. The number of imide groups is 1. The van der Waals surface area contributed by atoms with Gasteiger partial charge in [-0.05, 0) is 19.3 Å². The van der Waals surface area contributed by atoms with Crippen molar-refractivity contribution in [3.63, 3.8) is 0 Å². The van der Waals surface area contributed by atoms with Crippen LogP contribution in [-0.2, 0) is 15.0 Å². The highest BCUT2D eigenvalue weighted by molar-refractivity contribution is 7.86. The van der Waals surface area contributed by atoms with Crippen LogP contribution >= 0.6 is 0 Å². The van der Waals surface area contributed by atoms with E-state index in [0.717, 1.165) is 38.5 Å². The summed E-state index contributed by atoms with van der Waals surface area (Å²) in [5.74, 6) is -0.368. The van der Waals surface area contributed by atoms with Gasteiger partial charge in [0.25, 0.3) is 10.2 Å². The van der Waals surface area contributed by atoms with Gasteiger partial charge < -0.3 is 5.32 Å². The molecule has 2 fully saturated rings. The van der Waals surface area contributed by atoms with Crippen molar-refractivity contribution in [1.29, 1.82) is 0 Å². The van der Waals surface area contributed by atoms with Gasteiger partial charge in [-0.2, -0.15) is 17.0 Å². The molecule has 0 radical (unpaired) electrons. The standard InChI is InChI=1S/C17H33N5O4S/c1-2-3-8-18-17(24)19-16(23)15-20-11-13-22(14-12-20)27(25,26)21-9-6-4-5-7-10-21/h2-15H2,1H3,(H2,18,19,23,24). The molecule has 0 aliphatic carbocycles. The van der Waals surface area contributed by atoms with Crippen molar-refractivity contribution in [1.82, 2.24) is 24.1 Å². The van der Waals surface area contributed by atoms with Crippen molar-refractivity contribution in [2.75, 3.05) is 52.4 Å². The summed E-state index contributed by atoms with van der Waals surface area (Å²) in [5.41, 5.74) is 0. The van der Waals surface area contributed by atoms with E-state index in [-0.39, 0.29) is 12.5 Å². The maximum atomic E-state index is 12.8. The summed E-state index contributed by atoms with van der Waals surface area (Å²) in [6.45, 7) is 5.56. The molecule has 2 aliphatic heterocycles. The first kappa shape index (κ1) is 22.1. The first-order chi connectivity index (χ1) is 12.9. The van der Waals surface area contributed by atoms with Gasteiger partial charge in [0, 0.05) is 45.8 Å². The molecule has 2 aliphatic rings. The van der Waals surface area contributed by atoms with Crippen molar-refractivity contribution < 1.29 is 18.0 Å². The van der Waals surface area contributed by atoms with Gasteiger partial charge in [-0.1, -0.05) is 26.2 Å². The van der Waals surface area contributed by atoms with E-state index in [2.05, 4.69) is 10.6 Å². The maximum absolute atomic E-state index is 12.8. The van der Waals surface area contributed by atoms with Crippen molar-refractivity contribution in [3.05, 3.63) is 0 Å². The second kappa shape index (κ2) is 10.9. The van der Waals surface area contributed by atoms with Crippen molar-refractivity contribution in [2.45, 2.75) is 45.4 Å². The van der Waals surface area contributed by atoms with E-state index in [0.29, 0.717) is 45.8 Å². The number of carbonyl (C=O) groups is 2. The third kappa shape index (κ3) is 7.02. The summed E-state index contributed by atoms with van der Waals surface area (Å²) in [7, 11) is -3.42. The molecule has 27 heavy (non-hydrogen) atoms. The van der Waals surface area contributed by atoms with Crippen LogP contribution in [0.4, 0.5) is 4.79 Å². The second-order valence-corrected chi connectivity index (χ2v) is 9.08. The zero-order valence-corrected chi connectivity index (χ0v) is 17.1. The highest BCUT2D eigenvalue weighted by Crippen LogP contribution is 2.17. The quantitative estimate of drug-likeness (QED) is 0.597. The van der Waals surface area contributed by atoms with E-state index in [1.807, 2.05) is 11.8 Å². The summed E-state index contributed by atoms with van der Waals surface area (Å²) in [5, 5.41) is 4.95. The van der Waals surface area contributed by atoms with Crippen LogP contribution in [0.5, 0.6) is 0 Å². The van der Waals surface area contributed by atoms with E-state index < -0.39 is 16.2 Å². The molecule has 0 spiro atoms. The molecule has 156 valence electrons. The largest absolute Gasteiger partial charge is 0.338 e. The molecule has 0 aromatic carbocycles. The minimum atomic E-state index is -3.42. The molecular weight excluding hydrogens is 370 g/mol. The Morgan fingerprint density at radius 1 is 0.889 bits per heavy atom. The fourth-order valence-corrected chi connectivity index (χ4v) is 5.02. The van der Waals surface area contributed by atoms with Crippen LogP contribution in [0.25, 0.3) is 0 Å². The molecule has 2 N–H and O–H groups in total. The molecule has 0 unspecified atom stereocenters. The first-order valence-electron chi connectivity index (χ1n) is 9.98. The van der Waals surface area contributed by atoms with Crippen LogP contribution in [-0.4, -0.2) is 86.2 Å². The Kier molecular flexibility index (Phi) is 8.94. The second-order valence-electron chi connectivity index (χ2n) is 7.15. The molecule has 2 saturated heterocycles.